The van der Waals surface area contributed by atoms with Gasteiger partial charge in [-0.2, -0.15) is 0 Å². The predicted molar refractivity (Wildman–Crippen MR) is 148 cm³/mol. The molecule has 3 aliphatic carbocycles. The third-order valence-corrected chi connectivity index (χ3v) is 9.87. The highest BCUT2D eigenvalue weighted by Crippen LogP contribution is 2.67. The minimum atomic E-state index is 0.0190. The van der Waals surface area contributed by atoms with Crippen LogP contribution in [0.2, 0.25) is 0 Å². The number of rotatable bonds is 4. The van der Waals surface area contributed by atoms with E-state index in [0.29, 0.717) is 11.7 Å². The van der Waals surface area contributed by atoms with Crippen LogP contribution < -0.4 is 9.47 Å². The van der Waals surface area contributed by atoms with Gasteiger partial charge < -0.3 is 14.6 Å². The molecule has 0 aliphatic heterocycles. The average Bonchev–Trinajstić information content (AvgIpc) is 3.61. The van der Waals surface area contributed by atoms with Gasteiger partial charge in [0.1, 0.15) is 17.2 Å². The van der Waals surface area contributed by atoms with Gasteiger partial charge in [-0.3, -0.25) is 0 Å². The van der Waals surface area contributed by atoms with Gasteiger partial charge in [0.15, 0.2) is 0 Å². The Morgan fingerprint density at radius 2 is 1.69 bits per heavy atom. The van der Waals surface area contributed by atoms with Crippen molar-refractivity contribution in [3.05, 3.63) is 71.8 Å². The number of methoxy groups -OCH3 is 2. The van der Waals surface area contributed by atoms with E-state index in [-0.39, 0.29) is 5.41 Å². The molecule has 0 amide bonds. The quantitative estimate of drug-likeness (QED) is 0.291. The van der Waals surface area contributed by atoms with Gasteiger partial charge in [-0.05, 0) is 113 Å². The van der Waals surface area contributed by atoms with E-state index >= 15 is 0 Å². The standard InChI is InChI=1S/C32H30O3S/c1-34-21-8-5-19(6-9-21)24-14-26-25(15-30(24)35-2)29(33)16-28-31(26)23-11-10-22(36-3)13-27(23)32(28)17-18-4-7-20(32)12-18/h5-6,8-11,13-16,18,20,33H,4,7,12,17H2,1-3H3. The van der Waals surface area contributed by atoms with Crippen molar-refractivity contribution in [2.45, 2.75) is 36.0 Å². The molecule has 4 heteroatoms. The molecule has 1 N–H and O–H groups in total. The molecule has 1 spiro atoms. The Hall–Kier alpha value is -3.11. The van der Waals surface area contributed by atoms with E-state index in [1.54, 1.807) is 14.2 Å². The van der Waals surface area contributed by atoms with Gasteiger partial charge in [-0.1, -0.05) is 24.6 Å². The number of thioether (sulfide) groups is 1. The summed E-state index contributed by atoms with van der Waals surface area (Å²) in [7, 11) is 3.38. The molecule has 2 saturated carbocycles. The van der Waals surface area contributed by atoms with Crippen LogP contribution in [0.5, 0.6) is 17.2 Å². The Bertz CT molecular complexity index is 1520. The number of hydrogen-bond donors (Lipinski definition) is 1. The normalized spacial score (nSPS) is 23.3. The molecule has 0 heterocycles. The van der Waals surface area contributed by atoms with E-state index in [2.05, 4.69) is 48.7 Å². The zero-order chi connectivity index (χ0) is 24.6. The van der Waals surface area contributed by atoms with Gasteiger partial charge in [-0.15, -0.1) is 11.8 Å². The van der Waals surface area contributed by atoms with E-state index in [9.17, 15) is 5.11 Å². The van der Waals surface area contributed by atoms with Crippen molar-refractivity contribution in [1.29, 1.82) is 0 Å². The SMILES string of the molecule is COc1ccc(-c2cc3c4c(cc(O)c3cc2OC)C2(CC3CCC2C3)c2cc(SC)ccc2-4)cc1. The van der Waals surface area contributed by atoms with Gasteiger partial charge in [0.25, 0.3) is 0 Å². The maximum absolute atomic E-state index is 11.4. The van der Waals surface area contributed by atoms with Gasteiger partial charge >= 0.3 is 0 Å². The summed E-state index contributed by atoms with van der Waals surface area (Å²) < 4.78 is 11.2. The number of phenols is 1. The molecule has 3 aliphatic rings. The van der Waals surface area contributed by atoms with Crippen LogP contribution >= 0.6 is 11.8 Å². The maximum atomic E-state index is 11.4. The Morgan fingerprint density at radius 1 is 0.861 bits per heavy atom. The summed E-state index contributed by atoms with van der Waals surface area (Å²) in [5.74, 6) is 3.37. The van der Waals surface area contributed by atoms with E-state index in [0.717, 1.165) is 39.3 Å². The zero-order valence-electron chi connectivity index (χ0n) is 20.9. The maximum Gasteiger partial charge on any atom is 0.127 e. The first-order chi connectivity index (χ1) is 17.6. The number of fused-ring (bicyclic) bond motifs is 10. The van der Waals surface area contributed by atoms with Crippen LogP contribution in [0.4, 0.5) is 0 Å². The van der Waals surface area contributed by atoms with Crippen molar-refractivity contribution in [3.8, 4) is 39.5 Å². The second-order valence-electron chi connectivity index (χ2n) is 10.6. The van der Waals surface area contributed by atoms with Crippen LogP contribution in [-0.2, 0) is 5.41 Å². The summed E-state index contributed by atoms with van der Waals surface area (Å²) in [5.41, 5.74) is 7.56. The summed E-state index contributed by atoms with van der Waals surface area (Å²) in [5, 5.41) is 13.4. The number of benzene rings is 4. The summed E-state index contributed by atoms with van der Waals surface area (Å²) >= 11 is 1.81. The van der Waals surface area contributed by atoms with Crippen molar-refractivity contribution >= 4 is 22.5 Å². The monoisotopic (exact) mass is 494 g/mol. The van der Waals surface area contributed by atoms with Crippen LogP contribution in [0, 0.1) is 11.8 Å². The molecular formula is C32H30O3S. The number of aromatic hydroxyl groups is 1. The summed E-state index contributed by atoms with van der Waals surface area (Å²) in [6.07, 6.45) is 7.29. The van der Waals surface area contributed by atoms with Crippen molar-refractivity contribution < 1.29 is 14.6 Å². The molecule has 4 aromatic rings. The molecule has 2 fully saturated rings. The lowest BCUT2D eigenvalue weighted by Crippen LogP contribution is -2.31. The molecule has 7 rings (SSSR count). The minimum Gasteiger partial charge on any atom is -0.507 e. The fourth-order valence-corrected chi connectivity index (χ4v) is 8.05. The van der Waals surface area contributed by atoms with Gasteiger partial charge in [0.2, 0.25) is 0 Å². The van der Waals surface area contributed by atoms with E-state index in [1.165, 1.54) is 52.8 Å². The van der Waals surface area contributed by atoms with E-state index in [4.69, 9.17) is 9.47 Å². The lowest BCUT2D eigenvalue weighted by Gasteiger charge is -2.36. The second kappa shape index (κ2) is 7.94. The average molecular weight is 495 g/mol. The summed E-state index contributed by atoms with van der Waals surface area (Å²) in [6, 6.07) is 21.5. The predicted octanol–water partition coefficient (Wildman–Crippen LogP) is 8.04. The molecule has 3 atom stereocenters. The highest BCUT2D eigenvalue weighted by Gasteiger charge is 2.57. The third kappa shape index (κ3) is 2.88. The third-order valence-electron chi connectivity index (χ3n) is 9.14. The van der Waals surface area contributed by atoms with Crippen LogP contribution in [0.25, 0.3) is 33.0 Å². The van der Waals surface area contributed by atoms with Crippen LogP contribution in [0.15, 0.2) is 65.6 Å². The molecule has 3 unspecified atom stereocenters. The summed E-state index contributed by atoms with van der Waals surface area (Å²) in [4.78, 5) is 1.32. The van der Waals surface area contributed by atoms with E-state index < -0.39 is 0 Å². The van der Waals surface area contributed by atoms with Crippen molar-refractivity contribution in [2.75, 3.05) is 20.5 Å². The summed E-state index contributed by atoms with van der Waals surface area (Å²) in [6.45, 7) is 0. The van der Waals surface area contributed by atoms with Gasteiger partial charge in [0.05, 0.1) is 14.2 Å². The highest BCUT2D eigenvalue weighted by atomic mass is 32.2. The first-order valence-electron chi connectivity index (χ1n) is 12.8. The van der Waals surface area contributed by atoms with Gasteiger partial charge in [0, 0.05) is 21.3 Å². The molecule has 3 nitrogen and oxygen atoms in total. The molecular weight excluding hydrogens is 464 g/mol. The zero-order valence-corrected chi connectivity index (χ0v) is 21.7. The highest BCUT2D eigenvalue weighted by molar-refractivity contribution is 7.98. The first kappa shape index (κ1) is 22.1. The Morgan fingerprint density at radius 3 is 2.36 bits per heavy atom. The van der Waals surface area contributed by atoms with E-state index in [1.807, 2.05) is 30.0 Å². The molecule has 0 saturated heterocycles. The molecule has 2 bridgehead atoms. The Kier molecular flexibility index (Phi) is 4.88. The topological polar surface area (TPSA) is 38.7 Å². The number of phenolic OH excluding ortho intramolecular Hbond substituents is 1. The van der Waals surface area contributed by atoms with Crippen molar-refractivity contribution in [2.24, 2.45) is 11.8 Å². The van der Waals surface area contributed by atoms with Crippen LogP contribution in [-0.4, -0.2) is 25.6 Å². The lowest BCUT2D eigenvalue weighted by atomic mass is 9.66. The second-order valence-corrected chi connectivity index (χ2v) is 11.5. The lowest BCUT2D eigenvalue weighted by molar-refractivity contribution is 0.325. The number of hydrogen-bond acceptors (Lipinski definition) is 4. The van der Waals surface area contributed by atoms with Crippen molar-refractivity contribution in [3.63, 3.8) is 0 Å². The van der Waals surface area contributed by atoms with Crippen molar-refractivity contribution in [1.82, 2.24) is 0 Å². The van der Waals surface area contributed by atoms with Crippen LogP contribution in [0.3, 0.4) is 0 Å². The largest absolute Gasteiger partial charge is 0.507 e. The minimum absolute atomic E-state index is 0.0190. The molecule has 36 heavy (non-hydrogen) atoms. The number of ether oxygens (including phenoxy) is 2. The van der Waals surface area contributed by atoms with Crippen LogP contribution in [0.1, 0.15) is 36.8 Å². The Labute approximate surface area is 216 Å². The molecule has 0 aromatic heterocycles. The molecule has 4 aromatic carbocycles. The Balaban J connectivity index is 1.54. The molecule has 182 valence electrons. The first-order valence-corrected chi connectivity index (χ1v) is 14.0. The molecule has 0 radical (unpaired) electrons. The smallest absolute Gasteiger partial charge is 0.127 e. The van der Waals surface area contributed by atoms with Gasteiger partial charge in [-0.25, -0.2) is 0 Å². The fraction of sp³-hybridized carbons (Fsp3) is 0.312. The fourth-order valence-electron chi connectivity index (χ4n) is 7.61.